The average molecular weight is 194 g/mol. The molecule has 1 aromatic rings. The molecule has 0 bridgehead atoms. The minimum atomic E-state index is -1.24. The maximum Gasteiger partial charge on any atom is 0.337 e. The van der Waals surface area contributed by atoms with Gasteiger partial charge in [0.15, 0.2) is 0 Å². The second kappa shape index (κ2) is 4.40. The Morgan fingerprint density at radius 1 is 1.50 bits per heavy atom. The normalized spacial score (nSPS) is 9.00. The van der Waals surface area contributed by atoms with E-state index in [1.54, 1.807) is 0 Å². The highest BCUT2D eigenvalue weighted by molar-refractivity contribution is 5.90. The van der Waals surface area contributed by atoms with Gasteiger partial charge >= 0.3 is 5.97 Å². The standard InChI is InChI=1S/C10H7FO3/c11-8-4-3-7(2-1-5-12)9(6-8)10(13)14/h3-4,6,12H,5H2,(H,13,14). The highest BCUT2D eigenvalue weighted by atomic mass is 19.1. The fourth-order valence-corrected chi connectivity index (χ4v) is 0.937. The molecule has 2 N–H and O–H groups in total. The largest absolute Gasteiger partial charge is 0.478 e. The van der Waals surface area contributed by atoms with Crippen molar-refractivity contribution in [1.29, 1.82) is 0 Å². The third-order valence-corrected chi connectivity index (χ3v) is 1.51. The highest BCUT2D eigenvalue weighted by Gasteiger charge is 2.08. The summed E-state index contributed by atoms with van der Waals surface area (Å²) in [4.78, 5) is 10.6. The Bertz CT molecular complexity index is 415. The van der Waals surface area contributed by atoms with Crippen LogP contribution in [0.15, 0.2) is 18.2 Å². The van der Waals surface area contributed by atoms with E-state index in [0.29, 0.717) is 0 Å². The molecule has 72 valence electrons. The molecule has 3 nitrogen and oxygen atoms in total. The molecule has 0 aliphatic rings. The van der Waals surface area contributed by atoms with E-state index in [9.17, 15) is 9.18 Å². The molecule has 0 radical (unpaired) electrons. The number of halogens is 1. The van der Waals surface area contributed by atoms with Crippen molar-refractivity contribution in [2.24, 2.45) is 0 Å². The Kier molecular flexibility index (Phi) is 3.21. The zero-order valence-corrected chi connectivity index (χ0v) is 7.12. The van der Waals surface area contributed by atoms with E-state index < -0.39 is 11.8 Å². The summed E-state index contributed by atoms with van der Waals surface area (Å²) >= 11 is 0. The number of aliphatic hydroxyl groups excluding tert-OH is 1. The van der Waals surface area contributed by atoms with Gasteiger partial charge in [-0.25, -0.2) is 9.18 Å². The van der Waals surface area contributed by atoms with Crippen LogP contribution in [-0.2, 0) is 0 Å². The first kappa shape index (κ1) is 10.2. The van der Waals surface area contributed by atoms with Crippen LogP contribution in [0.1, 0.15) is 15.9 Å². The van der Waals surface area contributed by atoms with Gasteiger partial charge in [-0.3, -0.25) is 0 Å². The third-order valence-electron chi connectivity index (χ3n) is 1.51. The number of carbonyl (C=O) groups is 1. The minimum absolute atomic E-state index is 0.188. The van der Waals surface area contributed by atoms with Crippen molar-refractivity contribution < 1.29 is 19.4 Å². The van der Waals surface area contributed by atoms with Gasteiger partial charge in [-0.1, -0.05) is 11.8 Å². The quantitative estimate of drug-likeness (QED) is 0.652. The average Bonchev–Trinajstić information content (AvgIpc) is 2.15. The number of hydrogen-bond donors (Lipinski definition) is 2. The number of benzene rings is 1. The van der Waals surface area contributed by atoms with E-state index in [2.05, 4.69) is 11.8 Å². The SMILES string of the molecule is O=C(O)c1cc(F)ccc1C#CCO. The van der Waals surface area contributed by atoms with Crippen LogP contribution in [0.3, 0.4) is 0 Å². The van der Waals surface area contributed by atoms with E-state index in [4.69, 9.17) is 10.2 Å². The lowest BCUT2D eigenvalue weighted by Gasteiger charge is -1.98. The summed E-state index contributed by atoms with van der Waals surface area (Å²) in [5.41, 5.74) is -0.0149. The van der Waals surface area contributed by atoms with Gasteiger partial charge in [-0.15, -0.1) is 0 Å². The summed E-state index contributed by atoms with van der Waals surface area (Å²) in [6.07, 6.45) is 0. The van der Waals surface area contributed by atoms with Crippen molar-refractivity contribution in [3.8, 4) is 11.8 Å². The smallest absolute Gasteiger partial charge is 0.337 e. The van der Waals surface area contributed by atoms with Gasteiger partial charge < -0.3 is 10.2 Å². The molecule has 0 saturated carbocycles. The van der Waals surface area contributed by atoms with Crippen LogP contribution < -0.4 is 0 Å². The summed E-state index contributed by atoms with van der Waals surface area (Å²) in [6, 6.07) is 3.28. The van der Waals surface area contributed by atoms with Crippen molar-refractivity contribution >= 4 is 5.97 Å². The number of aliphatic hydroxyl groups is 1. The summed E-state index contributed by atoms with van der Waals surface area (Å²) in [6.45, 7) is -0.365. The van der Waals surface area contributed by atoms with Crippen LogP contribution in [0.5, 0.6) is 0 Å². The zero-order valence-electron chi connectivity index (χ0n) is 7.12. The number of hydrogen-bond acceptors (Lipinski definition) is 2. The van der Waals surface area contributed by atoms with Crippen LogP contribution in [-0.4, -0.2) is 22.8 Å². The molecular formula is C10H7FO3. The van der Waals surface area contributed by atoms with Gasteiger partial charge in [0.2, 0.25) is 0 Å². The molecule has 0 aromatic heterocycles. The van der Waals surface area contributed by atoms with Crippen LogP contribution in [0, 0.1) is 17.7 Å². The molecule has 14 heavy (non-hydrogen) atoms. The second-order valence-electron chi connectivity index (χ2n) is 2.45. The van der Waals surface area contributed by atoms with E-state index in [-0.39, 0.29) is 17.7 Å². The highest BCUT2D eigenvalue weighted by Crippen LogP contribution is 2.10. The minimum Gasteiger partial charge on any atom is -0.478 e. The van der Waals surface area contributed by atoms with Crippen LogP contribution in [0.25, 0.3) is 0 Å². The molecule has 0 amide bonds. The first-order valence-electron chi connectivity index (χ1n) is 3.77. The monoisotopic (exact) mass is 194 g/mol. The Labute approximate surface area is 79.8 Å². The zero-order chi connectivity index (χ0) is 10.6. The molecule has 4 heteroatoms. The van der Waals surface area contributed by atoms with Gasteiger partial charge in [0, 0.05) is 5.56 Å². The number of aromatic carboxylic acids is 1. The molecule has 0 aliphatic carbocycles. The molecule has 0 atom stereocenters. The molecule has 0 spiro atoms. The lowest BCUT2D eigenvalue weighted by atomic mass is 10.1. The van der Waals surface area contributed by atoms with Gasteiger partial charge in [0.05, 0.1) is 5.56 Å². The van der Waals surface area contributed by atoms with Gasteiger partial charge in [0.25, 0.3) is 0 Å². The topological polar surface area (TPSA) is 57.5 Å². The van der Waals surface area contributed by atoms with Crippen molar-refractivity contribution in [1.82, 2.24) is 0 Å². The molecule has 1 aromatic carbocycles. The Morgan fingerprint density at radius 3 is 2.79 bits per heavy atom. The van der Waals surface area contributed by atoms with Crippen molar-refractivity contribution in [3.63, 3.8) is 0 Å². The van der Waals surface area contributed by atoms with E-state index in [1.165, 1.54) is 6.07 Å². The van der Waals surface area contributed by atoms with Crippen LogP contribution in [0.4, 0.5) is 4.39 Å². The Morgan fingerprint density at radius 2 is 2.21 bits per heavy atom. The third kappa shape index (κ3) is 2.31. The Hall–Kier alpha value is -1.86. The molecule has 0 heterocycles. The summed E-state index contributed by atoms with van der Waals surface area (Å²) in [5.74, 6) is 2.85. The Balaban J connectivity index is 3.22. The van der Waals surface area contributed by atoms with Crippen LogP contribution >= 0.6 is 0 Å². The molecule has 1 rings (SSSR count). The number of carboxylic acid groups (broad SMARTS) is 1. The lowest BCUT2D eigenvalue weighted by molar-refractivity contribution is 0.0696. The lowest BCUT2D eigenvalue weighted by Crippen LogP contribution is -2.00. The van der Waals surface area contributed by atoms with Gasteiger partial charge in [-0.2, -0.15) is 0 Å². The molecule has 0 saturated heterocycles. The predicted molar refractivity (Wildman–Crippen MR) is 47.3 cm³/mol. The van der Waals surface area contributed by atoms with E-state index >= 15 is 0 Å². The molecule has 0 fully saturated rings. The van der Waals surface area contributed by atoms with E-state index in [0.717, 1.165) is 12.1 Å². The van der Waals surface area contributed by atoms with Crippen LogP contribution in [0.2, 0.25) is 0 Å². The molecule has 0 aliphatic heterocycles. The first-order chi connectivity index (χ1) is 6.65. The fraction of sp³-hybridized carbons (Fsp3) is 0.100. The van der Waals surface area contributed by atoms with Crippen molar-refractivity contribution in [2.75, 3.05) is 6.61 Å². The maximum absolute atomic E-state index is 12.7. The maximum atomic E-state index is 12.7. The molecular weight excluding hydrogens is 187 g/mol. The summed E-state index contributed by atoms with van der Waals surface area (Å²) in [7, 11) is 0. The predicted octanol–water partition coefficient (Wildman–Crippen LogP) is 0.868. The first-order valence-corrected chi connectivity index (χ1v) is 3.77. The molecule has 0 unspecified atom stereocenters. The second-order valence-corrected chi connectivity index (χ2v) is 2.45. The summed E-state index contributed by atoms with van der Waals surface area (Å²) < 4.78 is 12.7. The van der Waals surface area contributed by atoms with Crippen molar-refractivity contribution in [3.05, 3.63) is 35.1 Å². The van der Waals surface area contributed by atoms with Gasteiger partial charge in [0.1, 0.15) is 12.4 Å². The van der Waals surface area contributed by atoms with E-state index in [1.807, 2.05) is 0 Å². The number of carboxylic acids is 1. The van der Waals surface area contributed by atoms with Crippen molar-refractivity contribution in [2.45, 2.75) is 0 Å². The number of rotatable bonds is 1. The summed E-state index contributed by atoms with van der Waals surface area (Å²) in [5, 5.41) is 17.1. The van der Waals surface area contributed by atoms with Gasteiger partial charge in [-0.05, 0) is 18.2 Å². The fourth-order valence-electron chi connectivity index (χ4n) is 0.937.